The van der Waals surface area contributed by atoms with Crippen LogP contribution < -0.4 is 5.32 Å². The molecule has 3 nitrogen and oxygen atoms in total. The minimum atomic E-state index is 0.0704. The molecule has 4 aliphatic rings. The van der Waals surface area contributed by atoms with Crippen LogP contribution >= 0.6 is 0 Å². The van der Waals surface area contributed by atoms with Crippen molar-refractivity contribution in [2.75, 3.05) is 13.1 Å². The molecule has 2 N–H and O–H groups in total. The lowest BCUT2D eigenvalue weighted by Crippen LogP contribution is -2.86. The normalized spacial score (nSPS) is 39.8. The van der Waals surface area contributed by atoms with Gasteiger partial charge >= 0.3 is 5.97 Å². The smallest absolute Gasteiger partial charge is 0.315 e. The molecule has 1 saturated heterocycles. The van der Waals surface area contributed by atoms with Crippen LogP contribution in [0.3, 0.4) is 0 Å². The predicted molar refractivity (Wildman–Crippen MR) is 104 cm³/mol. The van der Waals surface area contributed by atoms with Crippen LogP contribution in [0.4, 0.5) is 0 Å². The maximum Gasteiger partial charge on any atom is 0.315 e. The number of carbonyl (C=O) groups excluding carboxylic acids is 1. The number of allylic oxidation sites excluding steroid dienone is 2. The molecule has 0 amide bonds. The van der Waals surface area contributed by atoms with Gasteiger partial charge in [0.05, 0.1) is 13.1 Å². The summed E-state index contributed by atoms with van der Waals surface area (Å²) in [5, 5.41) is 2.37. The first kappa shape index (κ1) is 18.3. The van der Waals surface area contributed by atoms with Crippen molar-refractivity contribution in [1.29, 1.82) is 0 Å². The number of ether oxygens (including phenoxy) is 1. The summed E-state index contributed by atoms with van der Waals surface area (Å²) in [7, 11) is 0. The molecule has 0 bridgehead atoms. The van der Waals surface area contributed by atoms with Gasteiger partial charge in [-0.25, -0.2) is 0 Å². The molecule has 0 spiro atoms. The van der Waals surface area contributed by atoms with E-state index in [0.29, 0.717) is 17.3 Å². The quantitative estimate of drug-likeness (QED) is 0.462. The molecule has 0 aromatic carbocycles. The van der Waals surface area contributed by atoms with Crippen LogP contribution in [0.5, 0.6) is 0 Å². The van der Waals surface area contributed by atoms with Crippen LogP contribution in [0.25, 0.3) is 0 Å². The molecular weight excluding hydrogens is 322 g/mol. The second-order valence-electron chi connectivity index (χ2n) is 9.58. The second kappa shape index (κ2) is 7.50. The van der Waals surface area contributed by atoms with Crippen LogP contribution in [0.1, 0.15) is 71.1 Å². The first-order valence-corrected chi connectivity index (χ1v) is 10.9. The number of nitrogens with two attached hydrogens (primary N) is 1. The summed E-state index contributed by atoms with van der Waals surface area (Å²) in [4.78, 5) is 12.6. The van der Waals surface area contributed by atoms with E-state index >= 15 is 0 Å². The fourth-order valence-corrected chi connectivity index (χ4v) is 6.24. The number of fused-ring (bicyclic) bond motifs is 2. The fraction of sp³-hybridized carbons (Fsp3) is 0.783. The first-order valence-electron chi connectivity index (χ1n) is 10.9. The molecule has 3 aliphatic carbocycles. The molecular formula is C23H36NO2+. The van der Waals surface area contributed by atoms with Crippen molar-refractivity contribution in [3.05, 3.63) is 23.8 Å². The van der Waals surface area contributed by atoms with Crippen LogP contribution in [0.2, 0.25) is 0 Å². The average Bonchev–Trinajstić information content (AvgIpc) is 2.92. The lowest BCUT2D eigenvalue weighted by Gasteiger charge is -2.49. The molecule has 3 heteroatoms. The van der Waals surface area contributed by atoms with Crippen LogP contribution in [0.15, 0.2) is 23.8 Å². The molecule has 0 radical (unpaired) electrons. The van der Waals surface area contributed by atoms with E-state index in [1.165, 1.54) is 56.9 Å². The van der Waals surface area contributed by atoms with E-state index in [-0.39, 0.29) is 18.0 Å². The molecule has 26 heavy (non-hydrogen) atoms. The standard InChI is InChI=1S/C23H35NO2/c1-16-7-6-11-23(2)14-21-18(13-20(16)23)19(22(25)26-21)15-24-12-10-17-8-4-3-5-9-17/h8,18-21,24H,1,3-7,9-15H2,2H3/p+1/t18-,19+,20-,21-,23-/m1/s1. The number of quaternary nitrogens is 1. The van der Waals surface area contributed by atoms with E-state index < -0.39 is 0 Å². The van der Waals surface area contributed by atoms with Crippen molar-refractivity contribution in [2.24, 2.45) is 23.2 Å². The zero-order valence-electron chi connectivity index (χ0n) is 16.5. The van der Waals surface area contributed by atoms with Crippen LogP contribution in [-0.4, -0.2) is 25.2 Å². The van der Waals surface area contributed by atoms with Crippen LogP contribution in [-0.2, 0) is 9.53 Å². The zero-order chi connectivity index (χ0) is 18.1. The van der Waals surface area contributed by atoms with Crippen molar-refractivity contribution in [2.45, 2.75) is 77.2 Å². The third kappa shape index (κ3) is 3.52. The van der Waals surface area contributed by atoms with Gasteiger partial charge in [-0.15, -0.1) is 0 Å². The Bertz CT molecular complexity index is 595. The summed E-state index contributed by atoms with van der Waals surface area (Å²) in [5.74, 6) is 1.18. The first-order chi connectivity index (χ1) is 12.6. The van der Waals surface area contributed by atoms with Gasteiger partial charge in [-0.3, -0.25) is 4.79 Å². The van der Waals surface area contributed by atoms with E-state index in [1.807, 2.05) is 0 Å². The molecule has 0 aromatic heterocycles. The SMILES string of the molecule is C=C1CCC[C@]2(C)C[C@H]3OC(=O)[C@@H](C[NH2+]CCC4=CCCCC4)[C@H]3C[C@H]12. The van der Waals surface area contributed by atoms with Gasteiger partial charge in [0.1, 0.15) is 12.0 Å². The molecule has 2 saturated carbocycles. The molecule has 0 unspecified atom stereocenters. The topological polar surface area (TPSA) is 42.9 Å². The summed E-state index contributed by atoms with van der Waals surface area (Å²) < 4.78 is 5.87. The lowest BCUT2D eigenvalue weighted by molar-refractivity contribution is -0.658. The third-order valence-electron chi connectivity index (χ3n) is 7.80. The third-order valence-corrected chi connectivity index (χ3v) is 7.80. The Labute approximate surface area is 158 Å². The number of rotatable bonds is 5. The van der Waals surface area contributed by atoms with Gasteiger partial charge in [0.2, 0.25) is 0 Å². The fourth-order valence-electron chi connectivity index (χ4n) is 6.24. The van der Waals surface area contributed by atoms with Gasteiger partial charge in [0, 0.05) is 12.3 Å². The highest BCUT2D eigenvalue weighted by Gasteiger charge is 2.55. The van der Waals surface area contributed by atoms with Crippen molar-refractivity contribution in [3.63, 3.8) is 0 Å². The van der Waals surface area contributed by atoms with E-state index in [0.717, 1.165) is 25.9 Å². The second-order valence-corrected chi connectivity index (χ2v) is 9.58. The summed E-state index contributed by atoms with van der Waals surface area (Å²) in [6.45, 7) is 8.81. The zero-order valence-corrected chi connectivity index (χ0v) is 16.5. The van der Waals surface area contributed by atoms with Gasteiger partial charge in [-0.05, 0) is 69.1 Å². The number of hydrogen-bond acceptors (Lipinski definition) is 2. The summed E-state index contributed by atoms with van der Waals surface area (Å²) >= 11 is 0. The Hall–Kier alpha value is -1.09. The minimum Gasteiger partial charge on any atom is -0.462 e. The summed E-state index contributed by atoms with van der Waals surface area (Å²) in [6.07, 6.45) is 14.9. The molecule has 0 aromatic rings. The number of esters is 1. The maximum atomic E-state index is 12.6. The minimum absolute atomic E-state index is 0.0704. The molecule has 3 fully saturated rings. The maximum absolute atomic E-state index is 12.6. The highest BCUT2D eigenvalue weighted by atomic mass is 16.6. The molecule has 1 heterocycles. The monoisotopic (exact) mass is 358 g/mol. The Morgan fingerprint density at radius 1 is 1.31 bits per heavy atom. The van der Waals surface area contributed by atoms with Crippen molar-refractivity contribution >= 4 is 5.97 Å². The van der Waals surface area contributed by atoms with E-state index in [9.17, 15) is 4.79 Å². The van der Waals surface area contributed by atoms with Crippen molar-refractivity contribution in [3.8, 4) is 0 Å². The largest absolute Gasteiger partial charge is 0.462 e. The predicted octanol–water partition coefficient (Wildman–Crippen LogP) is 3.75. The number of carbonyl (C=O) groups is 1. The van der Waals surface area contributed by atoms with Crippen molar-refractivity contribution in [1.82, 2.24) is 0 Å². The van der Waals surface area contributed by atoms with E-state index in [1.54, 1.807) is 5.57 Å². The highest BCUT2D eigenvalue weighted by molar-refractivity contribution is 5.75. The summed E-state index contributed by atoms with van der Waals surface area (Å²) in [6, 6.07) is 0. The summed E-state index contributed by atoms with van der Waals surface area (Å²) in [5.41, 5.74) is 3.37. The Kier molecular flexibility index (Phi) is 5.27. The Morgan fingerprint density at radius 3 is 3.00 bits per heavy atom. The van der Waals surface area contributed by atoms with Gasteiger partial charge < -0.3 is 10.1 Å². The van der Waals surface area contributed by atoms with Gasteiger partial charge in [0.25, 0.3) is 0 Å². The average molecular weight is 359 g/mol. The molecule has 1 aliphatic heterocycles. The van der Waals surface area contributed by atoms with Crippen molar-refractivity contribution < 1.29 is 14.8 Å². The highest BCUT2D eigenvalue weighted by Crippen LogP contribution is 2.56. The molecule has 5 atom stereocenters. The van der Waals surface area contributed by atoms with E-state index in [4.69, 9.17) is 4.74 Å². The Morgan fingerprint density at radius 2 is 2.19 bits per heavy atom. The number of hydrogen-bond donors (Lipinski definition) is 1. The van der Waals surface area contributed by atoms with Gasteiger partial charge in [-0.2, -0.15) is 0 Å². The Balaban J connectivity index is 1.33. The van der Waals surface area contributed by atoms with E-state index in [2.05, 4.69) is 24.9 Å². The van der Waals surface area contributed by atoms with Gasteiger partial charge in [0.15, 0.2) is 0 Å². The molecule has 144 valence electrons. The van der Waals surface area contributed by atoms with Crippen LogP contribution in [0, 0.1) is 23.2 Å². The lowest BCUT2D eigenvalue weighted by atomic mass is 9.55. The molecule has 4 rings (SSSR count). The van der Waals surface area contributed by atoms with Gasteiger partial charge in [-0.1, -0.05) is 30.7 Å².